The zero-order valence-electron chi connectivity index (χ0n) is 14.5. The highest BCUT2D eigenvalue weighted by molar-refractivity contribution is 7.13. The third kappa shape index (κ3) is 5.16. The largest absolute Gasteiger partial charge is 0.383 e. The van der Waals surface area contributed by atoms with Crippen LogP contribution < -0.4 is 10.2 Å². The molecule has 1 aliphatic rings. The number of rotatable bonds is 8. The second kappa shape index (κ2) is 8.61. The summed E-state index contributed by atoms with van der Waals surface area (Å²) in [5.41, 5.74) is 0. The molecule has 0 aliphatic carbocycles. The second-order valence-corrected chi connectivity index (χ2v) is 7.41. The zero-order valence-corrected chi connectivity index (χ0v) is 15.3. The summed E-state index contributed by atoms with van der Waals surface area (Å²) in [6.45, 7) is 8.04. The van der Waals surface area contributed by atoms with Gasteiger partial charge in [-0.15, -0.1) is 11.3 Å². The van der Waals surface area contributed by atoms with Crippen molar-refractivity contribution in [3.05, 3.63) is 11.6 Å². The number of amides is 1. The molecule has 6 nitrogen and oxygen atoms in total. The molecule has 0 radical (unpaired) electrons. The fourth-order valence-electron chi connectivity index (χ4n) is 3.01. The fraction of sp³-hybridized carbons (Fsp3) is 0.750. The van der Waals surface area contributed by atoms with Crippen molar-refractivity contribution in [3.8, 4) is 0 Å². The molecular weight excluding hydrogens is 312 g/mol. The molecule has 1 N–H and O–H groups in total. The van der Waals surface area contributed by atoms with Gasteiger partial charge in [0, 0.05) is 44.2 Å². The van der Waals surface area contributed by atoms with Crippen molar-refractivity contribution in [2.75, 3.05) is 51.8 Å². The molecule has 0 bridgehead atoms. The normalized spacial score (nSPS) is 21.4. The van der Waals surface area contributed by atoms with Gasteiger partial charge < -0.3 is 15.0 Å². The minimum Gasteiger partial charge on any atom is -0.383 e. The van der Waals surface area contributed by atoms with Gasteiger partial charge in [-0.1, -0.05) is 13.8 Å². The first kappa shape index (κ1) is 18.2. The molecule has 2 rings (SSSR count). The lowest BCUT2D eigenvalue weighted by Crippen LogP contribution is -2.46. The van der Waals surface area contributed by atoms with Crippen LogP contribution in [-0.2, 0) is 9.53 Å². The van der Waals surface area contributed by atoms with E-state index < -0.39 is 0 Å². The fourth-order valence-corrected chi connectivity index (χ4v) is 3.67. The van der Waals surface area contributed by atoms with Crippen LogP contribution in [-0.4, -0.2) is 68.8 Å². The number of hydrogen-bond acceptors (Lipinski definition) is 6. The predicted octanol–water partition coefficient (Wildman–Crippen LogP) is 1.30. The molecule has 23 heavy (non-hydrogen) atoms. The van der Waals surface area contributed by atoms with Crippen molar-refractivity contribution in [3.63, 3.8) is 0 Å². The summed E-state index contributed by atoms with van der Waals surface area (Å²) in [6.07, 6.45) is 1.83. The first-order valence-electron chi connectivity index (χ1n) is 8.12. The molecule has 0 aromatic carbocycles. The van der Waals surface area contributed by atoms with E-state index in [1.54, 1.807) is 18.4 Å². The van der Waals surface area contributed by atoms with Gasteiger partial charge in [0.05, 0.1) is 19.2 Å². The van der Waals surface area contributed by atoms with Crippen LogP contribution in [0.15, 0.2) is 11.6 Å². The van der Waals surface area contributed by atoms with E-state index in [9.17, 15) is 4.79 Å². The Bertz CT molecular complexity index is 480. The van der Waals surface area contributed by atoms with Gasteiger partial charge in [0.25, 0.3) is 0 Å². The summed E-state index contributed by atoms with van der Waals surface area (Å²) in [6, 6.07) is 0.183. The number of anilines is 1. The van der Waals surface area contributed by atoms with E-state index in [1.807, 2.05) is 23.5 Å². The van der Waals surface area contributed by atoms with Crippen molar-refractivity contribution in [2.45, 2.75) is 19.9 Å². The Morgan fingerprint density at radius 3 is 2.96 bits per heavy atom. The maximum atomic E-state index is 12.3. The molecule has 1 fully saturated rings. The Morgan fingerprint density at radius 2 is 2.35 bits per heavy atom. The molecule has 0 saturated carbocycles. The summed E-state index contributed by atoms with van der Waals surface area (Å²) >= 11 is 1.65. The molecule has 0 unspecified atom stereocenters. The SMILES string of the molecule is COCCN(C)CC(=O)N[C@@H]1CN(c2nccs2)C[C@H]1C(C)C. The number of methoxy groups -OCH3 is 1. The van der Waals surface area contributed by atoms with Crippen LogP contribution in [0.3, 0.4) is 0 Å². The number of hydrogen-bond donors (Lipinski definition) is 1. The first-order chi connectivity index (χ1) is 11.0. The smallest absolute Gasteiger partial charge is 0.234 e. The minimum atomic E-state index is 0.0836. The number of thiazole rings is 1. The third-order valence-corrected chi connectivity index (χ3v) is 5.18. The Labute approximate surface area is 142 Å². The van der Waals surface area contributed by atoms with Gasteiger partial charge in [-0.3, -0.25) is 9.69 Å². The second-order valence-electron chi connectivity index (χ2n) is 6.53. The first-order valence-corrected chi connectivity index (χ1v) is 9.00. The quantitative estimate of drug-likeness (QED) is 0.773. The lowest BCUT2D eigenvalue weighted by Gasteiger charge is -2.24. The number of nitrogens with one attached hydrogen (secondary N) is 1. The third-order valence-electron chi connectivity index (χ3n) is 4.35. The van der Waals surface area contributed by atoms with Gasteiger partial charge in [-0.25, -0.2) is 4.98 Å². The van der Waals surface area contributed by atoms with Crippen LogP contribution in [0.2, 0.25) is 0 Å². The molecule has 1 saturated heterocycles. The Morgan fingerprint density at radius 1 is 1.57 bits per heavy atom. The van der Waals surface area contributed by atoms with Crippen molar-refractivity contribution in [1.29, 1.82) is 0 Å². The van der Waals surface area contributed by atoms with Gasteiger partial charge >= 0.3 is 0 Å². The molecule has 2 atom stereocenters. The van der Waals surface area contributed by atoms with E-state index in [-0.39, 0.29) is 11.9 Å². The van der Waals surface area contributed by atoms with Gasteiger partial charge in [0.2, 0.25) is 5.91 Å². The Kier molecular flexibility index (Phi) is 6.80. The summed E-state index contributed by atoms with van der Waals surface area (Å²) in [4.78, 5) is 21.0. The molecule has 1 aromatic rings. The minimum absolute atomic E-state index is 0.0836. The van der Waals surface area contributed by atoms with E-state index in [4.69, 9.17) is 4.74 Å². The lowest BCUT2D eigenvalue weighted by molar-refractivity contribution is -0.123. The molecule has 130 valence electrons. The molecule has 7 heteroatoms. The molecular formula is C16H28N4O2S. The highest BCUT2D eigenvalue weighted by Gasteiger charge is 2.36. The van der Waals surface area contributed by atoms with Gasteiger partial charge in [0.1, 0.15) is 0 Å². The average Bonchev–Trinajstić information content (AvgIpc) is 3.13. The molecule has 1 aromatic heterocycles. The number of nitrogens with zero attached hydrogens (tertiary/aromatic N) is 3. The standard InChI is InChI=1S/C16H28N4O2S/c1-12(2)13-9-20(16-17-5-8-23-16)10-14(13)18-15(21)11-19(3)6-7-22-4/h5,8,12-14H,6-7,9-11H2,1-4H3,(H,18,21)/t13-,14+/m0/s1. The van der Waals surface area contributed by atoms with Gasteiger partial charge in [-0.2, -0.15) is 0 Å². The zero-order chi connectivity index (χ0) is 16.8. The number of carbonyl (C=O) groups is 1. The highest BCUT2D eigenvalue weighted by Crippen LogP contribution is 2.29. The molecule has 2 heterocycles. The summed E-state index contributed by atoms with van der Waals surface area (Å²) in [5.74, 6) is 1.06. The number of likely N-dealkylation sites (N-methyl/N-ethyl adjacent to an activating group) is 1. The molecule has 0 spiro atoms. The molecule has 1 aliphatic heterocycles. The number of aromatic nitrogens is 1. The van der Waals surface area contributed by atoms with Gasteiger partial charge in [0.15, 0.2) is 5.13 Å². The monoisotopic (exact) mass is 340 g/mol. The topological polar surface area (TPSA) is 57.7 Å². The van der Waals surface area contributed by atoms with Crippen LogP contribution in [0.25, 0.3) is 0 Å². The predicted molar refractivity (Wildman–Crippen MR) is 94.0 cm³/mol. The summed E-state index contributed by atoms with van der Waals surface area (Å²) in [5, 5.41) is 6.27. The van der Waals surface area contributed by atoms with E-state index >= 15 is 0 Å². The maximum Gasteiger partial charge on any atom is 0.234 e. The Balaban J connectivity index is 1.90. The summed E-state index contributed by atoms with van der Waals surface area (Å²) < 4.78 is 5.05. The van der Waals surface area contributed by atoms with Crippen molar-refractivity contribution >= 4 is 22.4 Å². The van der Waals surface area contributed by atoms with Crippen molar-refractivity contribution in [1.82, 2.24) is 15.2 Å². The van der Waals surface area contributed by atoms with Crippen molar-refractivity contribution in [2.24, 2.45) is 11.8 Å². The van der Waals surface area contributed by atoms with E-state index in [2.05, 4.69) is 29.0 Å². The van der Waals surface area contributed by atoms with E-state index in [0.29, 0.717) is 25.0 Å². The van der Waals surface area contributed by atoms with E-state index in [0.717, 1.165) is 24.8 Å². The average molecular weight is 340 g/mol. The highest BCUT2D eigenvalue weighted by atomic mass is 32.1. The number of carbonyl (C=O) groups excluding carboxylic acids is 1. The Hall–Kier alpha value is -1.18. The van der Waals surface area contributed by atoms with E-state index in [1.165, 1.54) is 0 Å². The van der Waals surface area contributed by atoms with Crippen LogP contribution in [0.4, 0.5) is 5.13 Å². The maximum absolute atomic E-state index is 12.3. The van der Waals surface area contributed by atoms with Crippen LogP contribution in [0.1, 0.15) is 13.8 Å². The summed E-state index contributed by atoms with van der Waals surface area (Å²) in [7, 11) is 3.61. The van der Waals surface area contributed by atoms with Crippen LogP contribution >= 0.6 is 11.3 Å². The van der Waals surface area contributed by atoms with Gasteiger partial charge in [-0.05, 0) is 13.0 Å². The van der Waals surface area contributed by atoms with Crippen LogP contribution in [0.5, 0.6) is 0 Å². The van der Waals surface area contributed by atoms with Crippen LogP contribution in [0, 0.1) is 11.8 Å². The number of ether oxygens (including phenoxy) is 1. The molecule has 1 amide bonds. The lowest BCUT2D eigenvalue weighted by atomic mass is 9.91. The van der Waals surface area contributed by atoms with Crippen molar-refractivity contribution < 1.29 is 9.53 Å².